The Kier molecular flexibility index (Phi) is 5.40. The molecule has 2 aromatic carbocycles. The number of rotatable bonds is 5. The Morgan fingerprint density at radius 3 is 2.57 bits per heavy atom. The molecule has 1 saturated heterocycles. The summed E-state index contributed by atoms with van der Waals surface area (Å²) < 4.78 is 22.8. The summed E-state index contributed by atoms with van der Waals surface area (Å²) in [7, 11) is 1.65. The van der Waals surface area contributed by atoms with Crippen LogP contribution in [0.1, 0.15) is 0 Å². The van der Waals surface area contributed by atoms with Crippen molar-refractivity contribution in [2.75, 3.05) is 38.2 Å². The van der Waals surface area contributed by atoms with Crippen LogP contribution in [0.3, 0.4) is 0 Å². The van der Waals surface area contributed by atoms with Crippen LogP contribution in [0.5, 0.6) is 5.75 Å². The van der Waals surface area contributed by atoms with Crippen LogP contribution in [0.2, 0.25) is 0 Å². The van der Waals surface area contributed by atoms with Crippen molar-refractivity contribution in [3.05, 3.63) is 65.4 Å². The molecule has 0 spiro atoms. The molecule has 2 heterocycles. The first kappa shape index (κ1) is 18.6. The van der Waals surface area contributed by atoms with Crippen molar-refractivity contribution in [2.24, 2.45) is 0 Å². The fourth-order valence-electron chi connectivity index (χ4n) is 3.49. The first-order valence-electron chi connectivity index (χ1n) is 9.27. The molecule has 0 amide bonds. The lowest BCUT2D eigenvalue weighted by molar-refractivity contribution is -0.924. The summed E-state index contributed by atoms with van der Waals surface area (Å²) in [6.07, 6.45) is 1.76. The summed E-state index contributed by atoms with van der Waals surface area (Å²) in [6.45, 7) is 4.53. The largest absolute Gasteiger partial charge is 0.497 e. The Morgan fingerprint density at radius 2 is 1.86 bits per heavy atom. The summed E-state index contributed by atoms with van der Waals surface area (Å²) in [6, 6.07) is 14.5. The van der Waals surface area contributed by atoms with Gasteiger partial charge in [0.2, 0.25) is 4.77 Å². The number of quaternary nitrogens is 1. The number of aromatic nitrogens is 3. The zero-order valence-corrected chi connectivity index (χ0v) is 16.5. The fraction of sp³-hybridized carbons (Fsp3) is 0.300. The number of hydrogen-bond acceptors (Lipinski definition) is 4. The Morgan fingerprint density at radius 1 is 1.11 bits per heavy atom. The maximum Gasteiger partial charge on any atom is 0.207 e. The van der Waals surface area contributed by atoms with Crippen molar-refractivity contribution in [3.8, 4) is 11.4 Å². The SMILES string of the molecule is COc1cccc(-n2cnn(C[NH+]3CCN(c4ccc(F)cc4)CC3)c2=S)c1. The zero-order valence-electron chi connectivity index (χ0n) is 15.7. The van der Waals surface area contributed by atoms with Crippen LogP contribution in [-0.4, -0.2) is 47.6 Å². The van der Waals surface area contributed by atoms with Crippen LogP contribution < -0.4 is 14.5 Å². The highest BCUT2D eigenvalue weighted by Crippen LogP contribution is 2.17. The van der Waals surface area contributed by atoms with Crippen LogP contribution in [-0.2, 0) is 6.67 Å². The molecule has 4 rings (SSSR count). The van der Waals surface area contributed by atoms with Gasteiger partial charge >= 0.3 is 0 Å². The first-order valence-corrected chi connectivity index (χ1v) is 9.68. The van der Waals surface area contributed by atoms with Gasteiger partial charge in [-0.2, -0.15) is 9.78 Å². The van der Waals surface area contributed by atoms with Crippen LogP contribution in [0.25, 0.3) is 5.69 Å². The number of nitrogens with one attached hydrogen (secondary N) is 1. The molecule has 0 saturated carbocycles. The van der Waals surface area contributed by atoms with E-state index in [-0.39, 0.29) is 5.82 Å². The number of ether oxygens (including phenoxy) is 1. The van der Waals surface area contributed by atoms with E-state index >= 15 is 0 Å². The minimum absolute atomic E-state index is 0.200. The van der Waals surface area contributed by atoms with E-state index in [1.54, 1.807) is 13.4 Å². The second kappa shape index (κ2) is 8.12. The lowest BCUT2D eigenvalue weighted by atomic mass is 10.2. The molecule has 1 aliphatic heterocycles. The maximum absolute atomic E-state index is 13.1. The van der Waals surface area contributed by atoms with E-state index in [0.29, 0.717) is 4.77 Å². The second-order valence-corrected chi connectivity index (χ2v) is 7.22. The fourth-order valence-corrected chi connectivity index (χ4v) is 3.75. The van der Waals surface area contributed by atoms with Gasteiger partial charge in [-0.3, -0.25) is 4.57 Å². The van der Waals surface area contributed by atoms with E-state index in [1.165, 1.54) is 17.0 Å². The van der Waals surface area contributed by atoms with Gasteiger partial charge < -0.3 is 14.5 Å². The lowest BCUT2D eigenvalue weighted by Gasteiger charge is -2.33. The summed E-state index contributed by atoms with van der Waals surface area (Å²) in [5.41, 5.74) is 2.01. The summed E-state index contributed by atoms with van der Waals surface area (Å²) >= 11 is 5.63. The summed E-state index contributed by atoms with van der Waals surface area (Å²) in [4.78, 5) is 3.71. The number of nitrogens with zero attached hydrogens (tertiary/aromatic N) is 4. The quantitative estimate of drug-likeness (QED) is 0.665. The van der Waals surface area contributed by atoms with Gasteiger partial charge in [-0.15, -0.1) is 0 Å². The van der Waals surface area contributed by atoms with E-state index < -0.39 is 0 Å². The third-order valence-corrected chi connectivity index (χ3v) is 5.51. The molecule has 0 unspecified atom stereocenters. The molecule has 8 heteroatoms. The highest BCUT2D eigenvalue weighted by molar-refractivity contribution is 7.71. The molecule has 0 aliphatic carbocycles. The molecule has 1 aromatic heterocycles. The van der Waals surface area contributed by atoms with Gasteiger partial charge in [0, 0.05) is 11.8 Å². The second-order valence-electron chi connectivity index (χ2n) is 6.86. The normalized spacial score (nSPS) is 15.0. The van der Waals surface area contributed by atoms with Crippen molar-refractivity contribution in [1.29, 1.82) is 0 Å². The zero-order chi connectivity index (χ0) is 19.5. The van der Waals surface area contributed by atoms with E-state index in [1.807, 2.05) is 45.6 Å². The van der Waals surface area contributed by atoms with Gasteiger partial charge in [0.05, 0.1) is 39.0 Å². The van der Waals surface area contributed by atoms with Gasteiger partial charge in [-0.1, -0.05) is 6.07 Å². The first-order chi connectivity index (χ1) is 13.6. The van der Waals surface area contributed by atoms with Crippen molar-refractivity contribution in [1.82, 2.24) is 14.3 Å². The highest BCUT2D eigenvalue weighted by Gasteiger charge is 2.21. The highest BCUT2D eigenvalue weighted by atomic mass is 32.1. The van der Waals surface area contributed by atoms with Gasteiger partial charge in [0.1, 0.15) is 17.9 Å². The number of methoxy groups -OCH3 is 1. The van der Waals surface area contributed by atoms with Gasteiger partial charge in [-0.25, -0.2) is 4.39 Å². The Balaban J connectivity index is 1.41. The third kappa shape index (κ3) is 3.93. The van der Waals surface area contributed by atoms with E-state index in [4.69, 9.17) is 17.0 Å². The molecule has 0 radical (unpaired) electrons. The number of halogens is 1. The summed E-state index contributed by atoms with van der Waals surface area (Å²) in [5, 5.41) is 4.49. The standard InChI is InChI=1S/C20H22FN5OS/c1-27-19-4-2-3-18(13-19)25-14-22-26(20(25)28)15-23-9-11-24(12-10-23)17-7-5-16(21)6-8-17/h2-8,13-14H,9-12,15H2,1H3/p+1. The minimum atomic E-state index is -0.200. The van der Waals surface area contributed by atoms with E-state index in [2.05, 4.69) is 10.00 Å². The molecule has 28 heavy (non-hydrogen) atoms. The molecule has 6 nitrogen and oxygen atoms in total. The Labute approximate surface area is 168 Å². The molecular formula is C20H23FN5OS+. The minimum Gasteiger partial charge on any atom is -0.497 e. The van der Waals surface area contributed by atoms with Crippen LogP contribution >= 0.6 is 12.2 Å². The lowest BCUT2D eigenvalue weighted by Crippen LogP contribution is -3.14. The van der Waals surface area contributed by atoms with Crippen molar-refractivity contribution in [3.63, 3.8) is 0 Å². The number of anilines is 1. The Hall–Kier alpha value is -2.71. The van der Waals surface area contributed by atoms with Gasteiger partial charge in [0.25, 0.3) is 0 Å². The molecule has 0 atom stereocenters. The van der Waals surface area contributed by atoms with Crippen LogP contribution in [0, 0.1) is 10.6 Å². The topological polar surface area (TPSA) is 39.7 Å². The monoisotopic (exact) mass is 400 g/mol. The predicted molar refractivity (Wildman–Crippen MR) is 108 cm³/mol. The Bertz CT molecular complexity index is 992. The van der Waals surface area contributed by atoms with Crippen LogP contribution in [0.4, 0.5) is 10.1 Å². The molecule has 1 N–H and O–H groups in total. The number of hydrogen-bond donors (Lipinski definition) is 1. The average Bonchev–Trinajstić information content (AvgIpc) is 3.09. The van der Waals surface area contributed by atoms with Crippen molar-refractivity contribution < 1.29 is 14.0 Å². The smallest absolute Gasteiger partial charge is 0.207 e. The molecule has 3 aromatic rings. The van der Waals surface area contributed by atoms with Gasteiger partial charge in [0.15, 0.2) is 6.67 Å². The predicted octanol–water partition coefficient (Wildman–Crippen LogP) is 1.91. The molecule has 1 fully saturated rings. The van der Waals surface area contributed by atoms with Crippen molar-refractivity contribution in [2.45, 2.75) is 6.67 Å². The summed E-state index contributed by atoms with van der Waals surface area (Å²) in [5.74, 6) is 0.587. The molecule has 1 aliphatic rings. The molecular weight excluding hydrogens is 377 g/mol. The molecule has 0 bridgehead atoms. The maximum atomic E-state index is 13.1. The third-order valence-electron chi connectivity index (χ3n) is 5.10. The number of benzene rings is 2. The van der Waals surface area contributed by atoms with E-state index in [9.17, 15) is 4.39 Å². The molecule has 146 valence electrons. The average molecular weight is 401 g/mol. The van der Waals surface area contributed by atoms with Gasteiger partial charge in [-0.05, 0) is 48.6 Å². The van der Waals surface area contributed by atoms with Crippen molar-refractivity contribution >= 4 is 17.9 Å². The van der Waals surface area contributed by atoms with Crippen LogP contribution in [0.15, 0.2) is 54.9 Å². The number of piperazine rings is 1. The van der Waals surface area contributed by atoms with E-state index in [0.717, 1.165) is 50.0 Å².